The summed E-state index contributed by atoms with van der Waals surface area (Å²) in [6.45, 7) is 105. The molecule has 0 heterocycles. The molecule has 0 rings (SSSR count). The van der Waals surface area contributed by atoms with Gasteiger partial charge in [0, 0.05) is 35.8 Å². The van der Waals surface area contributed by atoms with Crippen LogP contribution in [0.15, 0.2) is 24.8 Å². The Bertz CT molecular complexity index is 2520. The summed E-state index contributed by atoms with van der Waals surface area (Å²) in [6.07, 6.45) is 8.95. The third-order valence-electron chi connectivity index (χ3n) is 16.7. The van der Waals surface area contributed by atoms with Gasteiger partial charge in [-0.3, -0.25) is 0 Å². The summed E-state index contributed by atoms with van der Waals surface area (Å²) in [5.41, 5.74) is 0.362. The smallest absolute Gasteiger partial charge is 0.463 e. The van der Waals surface area contributed by atoms with Crippen LogP contribution in [0.4, 0.5) is 0 Å². The summed E-state index contributed by atoms with van der Waals surface area (Å²) in [6, 6.07) is 13.5. The standard InChI is InChI=1S/C46H122O14Si16.C26H66O6Si8/c1-45(2)46(47)48-37-36-38-73(58-70(30,31)39-42-74(49-61(3,4)5,50-62(6,7)8)51-63(9,10)11,59-71(32,33)40-43-75(52-64(12,13)14,53-65(15,16)17)54-66(18,19)20)60-72(34,35)41-44-76(55-67(21,22)23,56-68(24,25)26)57-69(27,28)29;1-11-26(27)28-18-12-13-19-34-30-38(5,6)23-15-14-20-35-31-39(7,8)25-17-22-36-32-40(9,10)24-16-21-33-29-37(2,3)4/h1,36-44H2,2-35H3;11H,1,12-25,33-36H2,2-10H3. The highest BCUT2D eigenvalue weighted by molar-refractivity contribution is 6.96. The quantitative estimate of drug-likeness (QED) is 0.0241. The molecule has 20 nitrogen and oxygen atoms in total. The Morgan fingerprint density at radius 2 is 0.483 bits per heavy atom. The molecule has 0 unspecified atom stereocenters. The first-order valence-corrected chi connectivity index (χ1v) is 111. The first-order valence-electron chi connectivity index (χ1n) is 44.1. The number of esters is 2. The van der Waals surface area contributed by atoms with Crippen molar-refractivity contribution < 1.29 is 84.9 Å². The van der Waals surface area contributed by atoms with Gasteiger partial charge < -0.3 is 75.3 Å². The van der Waals surface area contributed by atoms with E-state index in [2.05, 4.69) is 288 Å². The molecule has 44 heteroatoms. The Kier molecular flexibility index (Phi) is 53.2. The van der Waals surface area contributed by atoms with Gasteiger partial charge in [-0.15, -0.1) is 0 Å². The molecule has 0 saturated heterocycles. The van der Waals surface area contributed by atoms with Crippen molar-refractivity contribution in [3.05, 3.63) is 24.8 Å². The van der Waals surface area contributed by atoms with E-state index in [4.69, 9.17) is 75.3 Å². The van der Waals surface area contributed by atoms with E-state index in [-0.39, 0.29) is 32.1 Å². The number of hydrogen-bond donors (Lipinski definition) is 0. The number of carbonyl (C=O) groups excluding carboxylic acids is 2. The van der Waals surface area contributed by atoms with Crippen LogP contribution in [-0.2, 0) is 84.9 Å². The van der Waals surface area contributed by atoms with Crippen LogP contribution in [0.3, 0.4) is 0 Å². The molecule has 0 saturated carbocycles. The highest BCUT2D eigenvalue weighted by atomic mass is 28.5. The van der Waals surface area contributed by atoms with Gasteiger partial charge in [0.15, 0.2) is 133 Å². The molecule has 0 radical (unpaired) electrons. The fourth-order valence-electron chi connectivity index (χ4n) is 12.8. The molecule has 0 spiro atoms. The predicted molar refractivity (Wildman–Crippen MR) is 559 cm³/mol. The molecule has 0 bridgehead atoms. The van der Waals surface area contributed by atoms with Crippen molar-refractivity contribution in [2.75, 3.05) is 13.2 Å². The van der Waals surface area contributed by atoms with Crippen molar-refractivity contribution in [1.29, 1.82) is 0 Å². The van der Waals surface area contributed by atoms with Crippen LogP contribution >= 0.6 is 0 Å². The number of ether oxygens (including phenoxy) is 2. The van der Waals surface area contributed by atoms with Gasteiger partial charge in [-0.1, -0.05) is 45.3 Å². The van der Waals surface area contributed by atoms with Crippen molar-refractivity contribution in [2.45, 2.75) is 411 Å². The Labute approximate surface area is 747 Å². The molecule has 0 atom stereocenters. The van der Waals surface area contributed by atoms with E-state index in [9.17, 15) is 9.59 Å². The second-order valence-corrected chi connectivity index (χ2v) is 138. The van der Waals surface area contributed by atoms with E-state index in [1.54, 1.807) is 6.92 Å². The lowest BCUT2D eigenvalue weighted by molar-refractivity contribution is -0.139. The lowest BCUT2D eigenvalue weighted by Crippen LogP contribution is -2.64. The van der Waals surface area contributed by atoms with Crippen LogP contribution in [0.5, 0.6) is 0 Å². The fraction of sp³-hybridized carbons (Fsp3) is 0.917. The minimum atomic E-state index is -3.78. The molecule has 0 aromatic heterocycles. The molecule has 116 heavy (non-hydrogen) atoms. The topological polar surface area (TPSA) is 200 Å². The second-order valence-electron chi connectivity index (χ2n) is 45.7. The summed E-state index contributed by atoms with van der Waals surface area (Å²) in [7, 11) is -48.7. The average Bonchev–Trinajstić information content (AvgIpc) is 0.786. The molecule has 0 aromatic carbocycles. The van der Waals surface area contributed by atoms with Gasteiger partial charge in [0.1, 0.15) is 39.1 Å². The van der Waals surface area contributed by atoms with Crippen LogP contribution in [0.1, 0.15) is 51.9 Å². The Balaban J connectivity index is 0. The summed E-state index contributed by atoms with van der Waals surface area (Å²) in [5, 5.41) is 0. The molecule has 0 amide bonds. The first kappa shape index (κ1) is 121. The van der Waals surface area contributed by atoms with E-state index in [1.165, 1.54) is 74.1 Å². The van der Waals surface area contributed by atoms with Crippen molar-refractivity contribution in [3.63, 3.8) is 0 Å². The van der Waals surface area contributed by atoms with E-state index in [0.29, 0.717) is 42.8 Å². The Morgan fingerprint density at radius 1 is 0.250 bits per heavy atom. The monoisotopic (exact) mass is 2040 g/mol. The normalized spacial score (nSPS) is 15.0. The largest absolute Gasteiger partial charge is 0.469 e. The zero-order valence-electron chi connectivity index (χ0n) is 83.7. The summed E-state index contributed by atoms with van der Waals surface area (Å²) >= 11 is 0. The molecule has 0 fully saturated rings. The van der Waals surface area contributed by atoms with Gasteiger partial charge in [0.2, 0.25) is 0 Å². The molecule has 0 aromatic rings. The average molecular weight is 2050 g/mol. The third-order valence-corrected chi connectivity index (χ3v) is 93.7. The van der Waals surface area contributed by atoms with Crippen molar-refractivity contribution >= 4 is 219 Å². The lowest BCUT2D eigenvalue weighted by Gasteiger charge is -2.48. The minimum absolute atomic E-state index is 0.180. The lowest BCUT2D eigenvalue weighted by atomic mass is 10.4. The molecule has 692 valence electrons. The van der Waals surface area contributed by atoms with Crippen LogP contribution in [0, 0.1) is 0 Å². The van der Waals surface area contributed by atoms with Crippen molar-refractivity contribution in [3.8, 4) is 0 Å². The van der Waals surface area contributed by atoms with Gasteiger partial charge in [-0.25, -0.2) is 9.59 Å². The van der Waals surface area contributed by atoms with E-state index < -0.39 is 194 Å². The van der Waals surface area contributed by atoms with Gasteiger partial charge in [-0.2, -0.15) is 0 Å². The zero-order chi connectivity index (χ0) is 91.3. The number of unbranched alkanes of at least 4 members (excludes halogenated alkanes) is 2. The van der Waals surface area contributed by atoms with Crippen molar-refractivity contribution in [1.82, 2.24) is 0 Å². The van der Waals surface area contributed by atoms with E-state index in [1.807, 2.05) is 0 Å². The van der Waals surface area contributed by atoms with Crippen molar-refractivity contribution in [2.24, 2.45) is 0 Å². The summed E-state index contributed by atoms with van der Waals surface area (Å²) in [5.74, 6) is -0.736. The highest BCUT2D eigenvalue weighted by Gasteiger charge is 2.59. The molecule has 0 N–H and O–H groups in total. The number of hydrogen-bond acceptors (Lipinski definition) is 20. The van der Waals surface area contributed by atoms with Crippen LogP contribution in [0.25, 0.3) is 0 Å². The summed E-state index contributed by atoms with van der Waals surface area (Å²) < 4.78 is 126. The third kappa shape index (κ3) is 68.1. The maximum atomic E-state index is 12.9. The molecular formula is C72H188O20Si24. The van der Waals surface area contributed by atoms with Gasteiger partial charge >= 0.3 is 47.2 Å². The Morgan fingerprint density at radius 3 is 0.733 bits per heavy atom. The predicted octanol–water partition coefficient (Wildman–Crippen LogP) is 22.2. The molecule has 0 aliphatic heterocycles. The van der Waals surface area contributed by atoms with Gasteiger partial charge in [0.05, 0.1) is 13.2 Å². The maximum Gasteiger partial charge on any atom is 0.469 e. The zero-order valence-corrected chi connectivity index (χ0v) is 109. The minimum Gasteiger partial charge on any atom is -0.463 e. The van der Waals surface area contributed by atoms with Gasteiger partial charge in [-0.05, 0) is 355 Å². The highest BCUT2D eigenvalue weighted by Crippen LogP contribution is 2.42. The fourth-order valence-corrected chi connectivity index (χ4v) is 100. The van der Waals surface area contributed by atoms with E-state index >= 15 is 0 Å². The maximum absolute atomic E-state index is 12.9. The SMILES string of the molecule is C=C(C)C(=O)OCCC[Si](O[Si](C)(C)CC[Si](O[Si](C)(C)C)(O[Si](C)(C)C)O[Si](C)(C)C)(O[Si](C)(C)CC[Si](O[Si](C)(C)C)(O[Si](C)(C)C)O[Si](C)(C)C)O[Si](C)(C)CC[Si](O[Si](C)(C)C)(O[Si](C)(C)C)O[Si](C)(C)C.C=CC(=O)OCCCC[SiH2]O[Si](C)(C)CCCC[SiH2]O[Si](C)(C)CCC[SiH2]O[Si](C)(C)CCC[SiH2]O[Si](C)(C)C. The van der Waals surface area contributed by atoms with Crippen LogP contribution in [0.2, 0.25) is 360 Å². The first-order chi connectivity index (χ1) is 51.5. The van der Waals surface area contributed by atoms with Crippen LogP contribution in [-0.4, -0.2) is 233 Å². The number of carbonyl (C=O) groups is 2. The molecular weight excluding hydrogens is 1860 g/mol. The van der Waals surface area contributed by atoms with Crippen LogP contribution < -0.4 is 0 Å². The Hall–Kier alpha value is 2.99. The molecule has 0 aliphatic carbocycles. The summed E-state index contributed by atoms with van der Waals surface area (Å²) in [4.78, 5) is 24.0. The second kappa shape index (κ2) is 51.0. The van der Waals surface area contributed by atoms with E-state index in [0.717, 1.165) is 31.0 Å². The molecule has 0 aliphatic rings. The van der Waals surface area contributed by atoms with Gasteiger partial charge in [0.25, 0.3) is 0 Å². The number of rotatable bonds is 65.